The Balaban J connectivity index is 1.62. The zero-order chi connectivity index (χ0) is 18.6. The summed E-state index contributed by atoms with van der Waals surface area (Å²) in [4.78, 5) is 4.54. The average molecular weight is 389 g/mol. The minimum atomic E-state index is 0.244. The van der Waals surface area contributed by atoms with Gasteiger partial charge in [-0.2, -0.15) is 10.4 Å². The number of hydrogen-bond donors (Lipinski definition) is 1. The van der Waals surface area contributed by atoms with Crippen LogP contribution in [0.4, 0.5) is 5.69 Å². The standard InChI is InChI=1S/C21H13ClN4S/c22-16-10-8-15(9-11-16)20-13-27-21(24-20)19(12-23)26-25-18-7-3-5-14-4-1-2-6-17(14)18/h1-11,13,25H/b26-19+. The molecule has 0 saturated carbocycles. The number of thiazole rings is 1. The molecule has 0 spiro atoms. The van der Waals surface area contributed by atoms with Crippen LogP contribution in [0.25, 0.3) is 22.0 Å². The molecule has 4 nitrogen and oxygen atoms in total. The van der Waals surface area contributed by atoms with Gasteiger partial charge in [-0.1, -0.05) is 60.1 Å². The Morgan fingerprint density at radius 3 is 2.63 bits per heavy atom. The molecule has 0 aliphatic heterocycles. The van der Waals surface area contributed by atoms with Crippen LogP contribution in [0.3, 0.4) is 0 Å². The van der Waals surface area contributed by atoms with Crippen LogP contribution in [0.1, 0.15) is 5.01 Å². The number of hydrogen-bond acceptors (Lipinski definition) is 5. The van der Waals surface area contributed by atoms with Crippen molar-refractivity contribution >= 4 is 45.1 Å². The first-order valence-corrected chi connectivity index (χ1v) is 9.44. The van der Waals surface area contributed by atoms with Gasteiger partial charge in [-0.15, -0.1) is 11.3 Å². The van der Waals surface area contributed by atoms with Gasteiger partial charge in [-0.3, -0.25) is 5.43 Å². The lowest BCUT2D eigenvalue weighted by molar-refractivity contribution is 1.32. The largest absolute Gasteiger partial charge is 0.276 e. The number of aromatic nitrogens is 1. The van der Waals surface area contributed by atoms with Crippen LogP contribution in [0.5, 0.6) is 0 Å². The molecule has 3 aromatic carbocycles. The predicted molar refractivity (Wildman–Crippen MR) is 112 cm³/mol. The van der Waals surface area contributed by atoms with Gasteiger partial charge in [-0.05, 0) is 23.6 Å². The molecule has 0 aliphatic carbocycles. The van der Waals surface area contributed by atoms with Crippen molar-refractivity contribution in [3.05, 3.63) is 82.1 Å². The molecule has 0 atom stereocenters. The van der Waals surface area contributed by atoms with Crippen molar-refractivity contribution in [2.45, 2.75) is 0 Å². The van der Waals surface area contributed by atoms with Crippen molar-refractivity contribution in [3.8, 4) is 17.3 Å². The van der Waals surface area contributed by atoms with E-state index in [9.17, 15) is 5.26 Å². The Morgan fingerprint density at radius 2 is 1.81 bits per heavy atom. The molecule has 130 valence electrons. The molecule has 0 amide bonds. The van der Waals surface area contributed by atoms with Gasteiger partial charge in [0.05, 0.1) is 11.4 Å². The number of nitrogens with one attached hydrogen (secondary N) is 1. The summed E-state index contributed by atoms with van der Waals surface area (Å²) in [5, 5.41) is 19.1. The molecule has 0 unspecified atom stereocenters. The summed E-state index contributed by atoms with van der Waals surface area (Å²) in [6.45, 7) is 0. The summed E-state index contributed by atoms with van der Waals surface area (Å²) in [6.07, 6.45) is 0. The predicted octanol–water partition coefficient (Wildman–Crippen LogP) is 5.96. The molecule has 6 heteroatoms. The number of nitrogens with zero attached hydrogens (tertiary/aromatic N) is 3. The number of hydrazone groups is 1. The lowest BCUT2D eigenvalue weighted by atomic mass is 10.1. The van der Waals surface area contributed by atoms with E-state index in [1.165, 1.54) is 11.3 Å². The van der Waals surface area contributed by atoms with Crippen LogP contribution in [-0.2, 0) is 0 Å². The highest BCUT2D eigenvalue weighted by Crippen LogP contribution is 2.25. The van der Waals surface area contributed by atoms with Crippen LogP contribution >= 0.6 is 22.9 Å². The van der Waals surface area contributed by atoms with Crippen LogP contribution in [0.15, 0.2) is 77.2 Å². The van der Waals surface area contributed by atoms with Crippen molar-refractivity contribution < 1.29 is 0 Å². The van der Waals surface area contributed by atoms with E-state index in [4.69, 9.17) is 11.6 Å². The highest BCUT2D eigenvalue weighted by molar-refractivity contribution is 7.12. The summed E-state index contributed by atoms with van der Waals surface area (Å²) >= 11 is 7.31. The second-order valence-electron chi connectivity index (χ2n) is 5.76. The molecule has 1 heterocycles. The molecular formula is C21H13ClN4S. The molecule has 4 rings (SSSR count). The number of fused-ring (bicyclic) bond motifs is 1. The van der Waals surface area contributed by atoms with Crippen LogP contribution in [0, 0.1) is 11.3 Å². The topological polar surface area (TPSA) is 61.1 Å². The summed E-state index contributed by atoms with van der Waals surface area (Å²) in [5.74, 6) is 0. The maximum absolute atomic E-state index is 9.52. The maximum atomic E-state index is 9.52. The van der Waals surface area contributed by atoms with Crippen molar-refractivity contribution in [3.63, 3.8) is 0 Å². The first-order valence-electron chi connectivity index (χ1n) is 8.18. The molecule has 27 heavy (non-hydrogen) atoms. The monoisotopic (exact) mass is 388 g/mol. The molecule has 0 saturated heterocycles. The van der Waals surface area contributed by atoms with Gasteiger partial charge in [0.2, 0.25) is 0 Å². The molecule has 1 N–H and O–H groups in total. The highest BCUT2D eigenvalue weighted by Gasteiger charge is 2.11. The summed E-state index contributed by atoms with van der Waals surface area (Å²) in [6, 6.07) is 23.5. The quantitative estimate of drug-likeness (QED) is 0.346. The smallest absolute Gasteiger partial charge is 0.196 e. The number of anilines is 1. The number of nitriles is 1. The third-order valence-electron chi connectivity index (χ3n) is 4.03. The molecule has 0 bridgehead atoms. The Morgan fingerprint density at radius 1 is 1.04 bits per heavy atom. The third kappa shape index (κ3) is 3.68. The lowest BCUT2D eigenvalue weighted by Gasteiger charge is -2.05. The van der Waals surface area contributed by atoms with E-state index in [0.717, 1.165) is 27.7 Å². The van der Waals surface area contributed by atoms with Crippen molar-refractivity contribution in [1.82, 2.24) is 4.98 Å². The van der Waals surface area contributed by atoms with E-state index in [1.807, 2.05) is 72.1 Å². The Hall–Kier alpha value is -3.20. The molecule has 4 aromatic rings. The van der Waals surface area contributed by atoms with Crippen molar-refractivity contribution in [2.24, 2.45) is 5.10 Å². The van der Waals surface area contributed by atoms with Crippen LogP contribution < -0.4 is 5.43 Å². The van der Waals surface area contributed by atoms with Crippen molar-refractivity contribution in [2.75, 3.05) is 5.43 Å². The minimum Gasteiger partial charge on any atom is -0.276 e. The molecule has 0 aliphatic rings. The second kappa shape index (κ2) is 7.58. The maximum Gasteiger partial charge on any atom is 0.196 e. The first kappa shape index (κ1) is 17.2. The Kier molecular flexibility index (Phi) is 4.84. The van der Waals surface area contributed by atoms with Gasteiger partial charge in [0.15, 0.2) is 10.7 Å². The van der Waals surface area contributed by atoms with Crippen molar-refractivity contribution in [1.29, 1.82) is 5.26 Å². The number of halogens is 1. The van der Waals surface area contributed by atoms with Crippen LogP contribution in [-0.4, -0.2) is 10.7 Å². The van der Waals surface area contributed by atoms with E-state index in [1.54, 1.807) is 0 Å². The zero-order valence-corrected chi connectivity index (χ0v) is 15.6. The van der Waals surface area contributed by atoms with Gasteiger partial charge in [0.1, 0.15) is 6.07 Å². The summed E-state index contributed by atoms with van der Waals surface area (Å²) in [7, 11) is 0. The molecular weight excluding hydrogens is 376 g/mol. The zero-order valence-electron chi connectivity index (χ0n) is 14.1. The van der Waals surface area contributed by atoms with Gasteiger partial charge < -0.3 is 0 Å². The molecule has 0 radical (unpaired) electrons. The number of rotatable bonds is 4. The van der Waals surface area contributed by atoms with E-state index < -0.39 is 0 Å². The van der Waals surface area contributed by atoms with Gasteiger partial charge in [-0.25, -0.2) is 4.98 Å². The van der Waals surface area contributed by atoms with E-state index >= 15 is 0 Å². The Labute approximate surface area is 165 Å². The van der Waals surface area contributed by atoms with E-state index in [-0.39, 0.29) is 5.71 Å². The van der Waals surface area contributed by atoms with Gasteiger partial charge >= 0.3 is 0 Å². The summed E-state index contributed by atoms with van der Waals surface area (Å²) < 4.78 is 0. The Bertz CT molecular complexity index is 1170. The normalized spacial score (nSPS) is 11.3. The van der Waals surface area contributed by atoms with E-state index in [2.05, 4.69) is 21.6 Å². The van der Waals surface area contributed by atoms with Gasteiger partial charge in [0, 0.05) is 21.4 Å². The second-order valence-corrected chi connectivity index (χ2v) is 7.05. The minimum absolute atomic E-state index is 0.244. The third-order valence-corrected chi connectivity index (χ3v) is 5.13. The number of benzene rings is 3. The molecule has 0 fully saturated rings. The van der Waals surface area contributed by atoms with Gasteiger partial charge in [0.25, 0.3) is 0 Å². The fourth-order valence-corrected chi connectivity index (χ4v) is 3.59. The summed E-state index contributed by atoms with van der Waals surface area (Å²) in [5.41, 5.74) is 5.83. The SMILES string of the molecule is N#C/C(=N\Nc1cccc2ccccc12)c1nc(-c2ccc(Cl)cc2)cs1. The van der Waals surface area contributed by atoms with E-state index in [0.29, 0.717) is 10.0 Å². The fraction of sp³-hybridized carbons (Fsp3) is 0. The first-order chi connectivity index (χ1) is 13.2. The van der Waals surface area contributed by atoms with Crippen LogP contribution in [0.2, 0.25) is 5.02 Å². The highest BCUT2D eigenvalue weighted by atomic mass is 35.5. The fourth-order valence-electron chi connectivity index (χ4n) is 2.70. The average Bonchev–Trinajstić information content (AvgIpc) is 3.19. The molecule has 1 aromatic heterocycles. The lowest BCUT2D eigenvalue weighted by Crippen LogP contribution is -2.01.